The van der Waals surface area contributed by atoms with Crippen molar-refractivity contribution in [1.82, 2.24) is 5.32 Å². The summed E-state index contributed by atoms with van der Waals surface area (Å²) in [6.07, 6.45) is 12.1. The lowest BCUT2D eigenvalue weighted by atomic mass is 9.75. The number of nitrogens with one attached hydrogen (secondary N) is 1. The van der Waals surface area contributed by atoms with E-state index in [1.54, 1.807) is 0 Å². The standard InChI is InChI=1S/C15H29NO/c1-3-11-16-14(8-7-13-5-6-13)12-15(17-2)9-4-10-15/h13-14,16H,3-12H2,1-2H3. The van der Waals surface area contributed by atoms with Crippen LogP contribution in [0.1, 0.15) is 64.7 Å². The fraction of sp³-hybridized carbons (Fsp3) is 1.00. The van der Waals surface area contributed by atoms with Crippen LogP contribution in [0.4, 0.5) is 0 Å². The summed E-state index contributed by atoms with van der Waals surface area (Å²) >= 11 is 0. The highest BCUT2D eigenvalue weighted by molar-refractivity contribution is 4.93. The number of hydrogen-bond donors (Lipinski definition) is 1. The van der Waals surface area contributed by atoms with Crippen LogP contribution in [0.15, 0.2) is 0 Å². The second kappa shape index (κ2) is 6.19. The average Bonchev–Trinajstić information content (AvgIpc) is 3.10. The molecule has 2 rings (SSSR count). The maximum Gasteiger partial charge on any atom is 0.0693 e. The van der Waals surface area contributed by atoms with Crippen LogP contribution in [0.5, 0.6) is 0 Å². The monoisotopic (exact) mass is 239 g/mol. The van der Waals surface area contributed by atoms with Gasteiger partial charge in [-0.1, -0.05) is 19.8 Å². The van der Waals surface area contributed by atoms with Crippen molar-refractivity contribution in [2.75, 3.05) is 13.7 Å². The van der Waals surface area contributed by atoms with Crippen LogP contribution in [-0.4, -0.2) is 25.3 Å². The Balaban J connectivity index is 1.75. The molecular formula is C15H29NO. The molecule has 0 aromatic carbocycles. The van der Waals surface area contributed by atoms with Gasteiger partial charge in [0.05, 0.1) is 5.60 Å². The van der Waals surface area contributed by atoms with Gasteiger partial charge in [0.1, 0.15) is 0 Å². The Morgan fingerprint density at radius 3 is 2.59 bits per heavy atom. The molecule has 0 aromatic heterocycles. The van der Waals surface area contributed by atoms with Gasteiger partial charge in [0.2, 0.25) is 0 Å². The molecule has 1 unspecified atom stereocenters. The van der Waals surface area contributed by atoms with Crippen molar-refractivity contribution in [1.29, 1.82) is 0 Å². The van der Waals surface area contributed by atoms with Gasteiger partial charge in [0.15, 0.2) is 0 Å². The molecule has 0 aliphatic heterocycles. The Labute approximate surface area is 107 Å². The SMILES string of the molecule is CCCNC(CCC1CC1)CC1(OC)CCC1. The van der Waals surface area contributed by atoms with Crippen molar-refractivity contribution in [3.8, 4) is 0 Å². The van der Waals surface area contributed by atoms with Crippen LogP contribution in [0.3, 0.4) is 0 Å². The van der Waals surface area contributed by atoms with E-state index in [0.717, 1.165) is 12.5 Å². The van der Waals surface area contributed by atoms with Gasteiger partial charge in [-0.15, -0.1) is 0 Å². The molecule has 2 nitrogen and oxygen atoms in total. The Kier molecular flexibility index (Phi) is 4.87. The fourth-order valence-electron chi connectivity index (χ4n) is 2.98. The third kappa shape index (κ3) is 3.96. The van der Waals surface area contributed by atoms with E-state index in [-0.39, 0.29) is 5.60 Å². The third-order valence-corrected chi connectivity index (χ3v) is 4.62. The molecule has 2 aliphatic carbocycles. The molecule has 1 N–H and O–H groups in total. The van der Waals surface area contributed by atoms with Gasteiger partial charge in [-0.3, -0.25) is 0 Å². The van der Waals surface area contributed by atoms with E-state index in [9.17, 15) is 0 Å². The average molecular weight is 239 g/mol. The van der Waals surface area contributed by atoms with Crippen molar-refractivity contribution in [2.24, 2.45) is 5.92 Å². The quantitative estimate of drug-likeness (QED) is 0.665. The molecule has 0 amide bonds. The first-order valence-electron chi connectivity index (χ1n) is 7.56. The molecule has 100 valence electrons. The zero-order valence-electron chi connectivity index (χ0n) is 11.6. The van der Waals surface area contributed by atoms with Gasteiger partial charge >= 0.3 is 0 Å². The summed E-state index contributed by atoms with van der Waals surface area (Å²) in [4.78, 5) is 0. The number of ether oxygens (including phenoxy) is 1. The second-order valence-electron chi connectivity index (χ2n) is 6.12. The summed E-state index contributed by atoms with van der Waals surface area (Å²) in [5.74, 6) is 1.06. The van der Waals surface area contributed by atoms with E-state index in [4.69, 9.17) is 4.74 Å². The molecule has 0 bridgehead atoms. The van der Waals surface area contributed by atoms with E-state index in [1.807, 2.05) is 7.11 Å². The van der Waals surface area contributed by atoms with Gasteiger partial charge in [-0.05, 0) is 57.4 Å². The van der Waals surface area contributed by atoms with Crippen molar-refractivity contribution >= 4 is 0 Å². The first kappa shape index (κ1) is 13.4. The maximum absolute atomic E-state index is 5.77. The minimum absolute atomic E-state index is 0.231. The Morgan fingerprint density at radius 2 is 2.12 bits per heavy atom. The first-order valence-corrected chi connectivity index (χ1v) is 7.56. The summed E-state index contributed by atoms with van der Waals surface area (Å²) in [7, 11) is 1.90. The molecule has 2 aliphatic rings. The van der Waals surface area contributed by atoms with Gasteiger partial charge in [-0.2, -0.15) is 0 Å². The summed E-state index contributed by atoms with van der Waals surface area (Å²) < 4.78 is 5.77. The van der Waals surface area contributed by atoms with Crippen LogP contribution < -0.4 is 5.32 Å². The van der Waals surface area contributed by atoms with Crippen LogP contribution in [0.2, 0.25) is 0 Å². The lowest BCUT2D eigenvalue weighted by molar-refractivity contribution is -0.0840. The topological polar surface area (TPSA) is 21.3 Å². The molecule has 2 saturated carbocycles. The zero-order chi connectivity index (χ0) is 12.1. The Bertz CT molecular complexity index is 215. The van der Waals surface area contributed by atoms with E-state index in [2.05, 4.69) is 12.2 Å². The Hall–Kier alpha value is -0.0800. The minimum Gasteiger partial charge on any atom is -0.378 e. The molecule has 0 heterocycles. The zero-order valence-corrected chi connectivity index (χ0v) is 11.6. The van der Waals surface area contributed by atoms with Crippen LogP contribution >= 0.6 is 0 Å². The lowest BCUT2D eigenvalue weighted by Crippen LogP contribution is -2.46. The molecule has 2 fully saturated rings. The predicted octanol–water partition coefficient (Wildman–Crippen LogP) is 3.50. The summed E-state index contributed by atoms with van der Waals surface area (Å²) in [6.45, 7) is 3.41. The van der Waals surface area contributed by atoms with Crippen LogP contribution in [-0.2, 0) is 4.74 Å². The van der Waals surface area contributed by atoms with Crippen molar-refractivity contribution in [3.63, 3.8) is 0 Å². The van der Waals surface area contributed by atoms with Crippen LogP contribution in [0.25, 0.3) is 0 Å². The molecule has 0 saturated heterocycles. The molecule has 17 heavy (non-hydrogen) atoms. The molecule has 1 atom stereocenters. The van der Waals surface area contributed by atoms with Gasteiger partial charge in [0.25, 0.3) is 0 Å². The third-order valence-electron chi connectivity index (χ3n) is 4.62. The number of rotatable bonds is 9. The fourth-order valence-corrected chi connectivity index (χ4v) is 2.98. The lowest BCUT2D eigenvalue weighted by Gasteiger charge is -2.43. The Morgan fingerprint density at radius 1 is 1.35 bits per heavy atom. The van der Waals surface area contributed by atoms with E-state index in [0.29, 0.717) is 6.04 Å². The highest BCUT2D eigenvalue weighted by Crippen LogP contribution is 2.40. The van der Waals surface area contributed by atoms with E-state index in [1.165, 1.54) is 57.8 Å². The van der Waals surface area contributed by atoms with Crippen LogP contribution in [0, 0.1) is 5.92 Å². The maximum atomic E-state index is 5.77. The predicted molar refractivity (Wildman–Crippen MR) is 72.2 cm³/mol. The van der Waals surface area contributed by atoms with Crippen molar-refractivity contribution in [2.45, 2.75) is 76.4 Å². The molecule has 2 heteroatoms. The summed E-state index contributed by atoms with van der Waals surface area (Å²) in [5.41, 5.74) is 0.231. The molecule has 0 spiro atoms. The van der Waals surface area contributed by atoms with Crippen molar-refractivity contribution in [3.05, 3.63) is 0 Å². The van der Waals surface area contributed by atoms with E-state index < -0.39 is 0 Å². The first-order chi connectivity index (χ1) is 8.28. The second-order valence-corrected chi connectivity index (χ2v) is 6.12. The minimum atomic E-state index is 0.231. The normalized spacial score (nSPS) is 24.4. The van der Waals surface area contributed by atoms with Gasteiger partial charge in [-0.25, -0.2) is 0 Å². The van der Waals surface area contributed by atoms with Crippen molar-refractivity contribution < 1.29 is 4.74 Å². The highest BCUT2D eigenvalue weighted by Gasteiger charge is 2.39. The summed E-state index contributed by atoms with van der Waals surface area (Å²) in [6, 6.07) is 0.691. The smallest absolute Gasteiger partial charge is 0.0693 e. The molecular weight excluding hydrogens is 210 g/mol. The number of hydrogen-bond acceptors (Lipinski definition) is 2. The van der Waals surface area contributed by atoms with E-state index >= 15 is 0 Å². The molecule has 0 radical (unpaired) electrons. The number of methoxy groups -OCH3 is 1. The highest BCUT2D eigenvalue weighted by atomic mass is 16.5. The van der Waals surface area contributed by atoms with Gasteiger partial charge in [0, 0.05) is 13.2 Å². The molecule has 0 aromatic rings. The van der Waals surface area contributed by atoms with Gasteiger partial charge < -0.3 is 10.1 Å². The largest absolute Gasteiger partial charge is 0.378 e. The summed E-state index contributed by atoms with van der Waals surface area (Å²) in [5, 5.41) is 3.73.